The van der Waals surface area contributed by atoms with E-state index in [9.17, 15) is 0 Å². The Morgan fingerprint density at radius 2 is 2.06 bits per heavy atom. The smallest absolute Gasteiger partial charge is 0.191 e. The van der Waals surface area contributed by atoms with Gasteiger partial charge in [-0.3, -0.25) is 4.90 Å². The van der Waals surface area contributed by atoms with E-state index in [1.807, 2.05) is 6.08 Å². The molecule has 0 spiro atoms. The molecule has 168 valence electrons. The highest BCUT2D eigenvalue weighted by Gasteiger charge is 2.19. The lowest BCUT2D eigenvalue weighted by molar-refractivity contribution is 0.129. The number of hydrogen-bond donors (Lipinski definition) is 0. The van der Waals surface area contributed by atoms with E-state index in [0.29, 0.717) is 12.6 Å². The molecule has 0 radical (unpaired) electrons. The lowest BCUT2D eigenvalue weighted by Crippen LogP contribution is -2.20. The zero-order valence-corrected chi connectivity index (χ0v) is 19.9. The van der Waals surface area contributed by atoms with Gasteiger partial charge in [0.15, 0.2) is 5.16 Å². The van der Waals surface area contributed by atoms with Gasteiger partial charge in [-0.1, -0.05) is 60.3 Å². The summed E-state index contributed by atoms with van der Waals surface area (Å²) in [5.41, 5.74) is 5.13. The van der Waals surface area contributed by atoms with Gasteiger partial charge in [0.05, 0.1) is 12.6 Å². The number of ether oxygens (including phenoxy) is 1. The van der Waals surface area contributed by atoms with E-state index in [1.54, 1.807) is 11.8 Å². The maximum atomic E-state index is 5.75. The lowest BCUT2D eigenvalue weighted by Gasteiger charge is -2.18. The molecule has 1 fully saturated rings. The normalized spacial score (nSPS) is 16.0. The molecule has 1 aliphatic heterocycles. The average molecular weight is 449 g/mol. The van der Waals surface area contributed by atoms with Crippen molar-refractivity contribution in [2.24, 2.45) is 0 Å². The van der Waals surface area contributed by atoms with Crippen molar-refractivity contribution in [1.29, 1.82) is 0 Å². The number of rotatable bonds is 10. The van der Waals surface area contributed by atoms with Gasteiger partial charge in [0.2, 0.25) is 0 Å². The molecule has 1 aliphatic rings. The topological polar surface area (TPSA) is 43.2 Å². The van der Waals surface area contributed by atoms with E-state index in [0.717, 1.165) is 49.3 Å². The molecule has 2 heterocycles. The SMILES string of the molecule is C=CCn1c(CN(C)Cc2cccc(-c3ccccc3C)c2)nnc1SC[C@@H]1CCCO1. The Morgan fingerprint density at radius 1 is 1.19 bits per heavy atom. The molecule has 5 nitrogen and oxygen atoms in total. The van der Waals surface area contributed by atoms with Crippen LogP contribution < -0.4 is 0 Å². The molecule has 0 saturated carbocycles. The predicted octanol–water partition coefficient (Wildman–Crippen LogP) is 5.34. The molecule has 4 rings (SSSR count). The highest BCUT2D eigenvalue weighted by atomic mass is 32.2. The van der Waals surface area contributed by atoms with Crippen molar-refractivity contribution in [2.75, 3.05) is 19.4 Å². The molecule has 0 aliphatic carbocycles. The number of nitrogens with zero attached hydrogens (tertiary/aromatic N) is 4. The molecule has 1 saturated heterocycles. The summed E-state index contributed by atoms with van der Waals surface area (Å²) in [6.07, 6.45) is 4.54. The number of hydrogen-bond acceptors (Lipinski definition) is 5. The van der Waals surface area contributed by atoms with Gasteiger partial charge in [0, 0.05) is 25.4 Å². The van der Waals surface area contributed by atoms with E-state index >= 15 is 0 Å². The highest BCUT2D eigenvalue weighted by molar-refractivity contribution is 7.99. The zero-order chi connectivity index (χ0) is 22.3. The number of benzene rings is 2. The van der Waals surface area contributed by atoms with Gasteiger partial charge < -0.3 is 9.30 Å². The molecule has 0 bridgehead atoms. The van der Waals surface area contributed by atoms with E-state index in [2.05, 4.69) is 88.7 Å². The fourth-order valence-corrected chi connectivity index (χ4v) is 5.17. The Morgan fingerprint density at radius 3 is 2.84 bits per heavy atom. The van der Waals surface area contributed by atoms with Crippen LogP contribution in [0.1, 0.15) is 29.8 Å². The van der Waals surface area contributed by atoms with Crippen LogP contribution in [0.3, 0.4) is 0 Å². The minimum absolute atomic E-state index is 0.334. The zero-order valence-electron chi connectivity index (χ0n) is 19.0. The maximum absolute atomic E-state index is 5.75. The lowest BCUT2D eigenvalue weighted by atomic mass is 9.99. The van der Waals surface area contributed by atoms with Gasteiger partial charge in [-0.2, -0.15) is 0 Å². The summed E-state index contributed by atoms with van der Waals surface area (Å²) in [7, 11) is 2.13. The Kier molecular flexibility index (Phi) is 7.79. The van der Waals surface area contributed by atoms with Crippen molar-refractivity contribution in [3.05, 3.63) is 78.1 Å². The summed E-state index contributed by atoms with van der Waals surface area (Å²) in [6, 6.07) is 17.3. The third-order valence-corrected chi connectivity index (χ3v) is 6.87. The predicted molar refractivity (Wildman–Crippen MR) is 132 cm³/mol. The largest absolute Gasteiger partial charge is 0.377 e. The second-order valence-electron chi connectivity index (χ2n) is 8.43. The number of thioether (sulfide) groups is 1. The van der Waals surface area contributed by atoms with Crippen molar-refractivity contribution in [3.63, 3.8) is 0 Å². The summed E-state index contributed by atoms with van der Waals surface area (Å²) in [4.78, 5) is 2.29. The fraction of sp³-hybridized carbons (Fsp3) is 0.385. The minimum Gasteiger partial charge on any atom is -0.377 e. The second kappa shape index (κ2) is 10.9. The highest BCUT2D eigenvalue weighted by Crippen LogP contribution is 2.25. The molecule has 3 aromatic rings. The van der Waals surface area contributed by atoms with E-state index < -0.39 is 0 Å². The molecule has 1 aromatic heterocycles. The van der Waals surface area contributed by atoms with Gasteiger partial charge in [0.25, 0.3) is 0 Å². The van der Waals surface area contributed by atoms with Gasteiger partial charge in [-0.15, -0.1) is 16.8 Å². The van der Waals surface area contributed by atoms with E-state index in [4.69, 9.17) is 4.74 Å². The van der Waals surface area contributed by atoms with Crippen molar-refractivity contribution < 1.29 is 4.74 Å². The average Bonchev–Trinajstić information content (AvgIpc) is 3.44. The van der Waals surface area contributed by atoms with Crippen LogP contribution in [0.15, 0.2) is 66.3 Å². The quantitative estimate of drug-likeness (QED) is 0.309. The van der Waals surface area contributed by atoms with Crippen LogP contribution in [-0.4, -0.2) is 45.2 Å². The minimum atomic E-state index is 0.334. The van der Waals surface area contributed by atoms with Crippen molar-refractivity contribution in [2.45, 2.75) is 50.7 Å². The summed E-state index contributed by atoms with van der Waals surface area (Å²) in [5, 5.41) is 9.91. The molecule has 1 atom stereocenters. The monoisotopic (exact) mass is 448 g/mol. The van der Waals surface area contributed by atoms with Gasteiger partial charge in [-0.25, -0.2) is 0 Å². The standard InChI is InChI=1S/C26H32N4OS/c1-4-14-30-25(27-28-26(30)32-19-23-12-8-15-31-23)18-29(3)17-21-10-7-11-22(16-21)24-13-6-5-9-20(24)2/h4-7,9-11,13,16,23H,1,8,12,14-15,17-19H2,2-3H3/t23-/m0/s1. The van der Waals surface area contributed by atoms with Crippen LogP contribution in [0.25, 0.3) is 11.1 Å². The van der Waals surface area contributed by atoms with Crippen LogP contribution in [0.5, 0.6) is 0 Å². The first kappa shape index (κ1) is 22.8. The van der Waals surface area contributed by atoms with Crippen LogP contribution in [0.4, 0.5) is 0 Å². The molecular weight excluding hydrogens is 416 g/mol. The molecule has 0 N–H and O–H groups in total. The van der Waals surface area contributed by atoms with Crippen LogP contribution >= 0.6 is 11.8 Å². The van der Waals surface area contributed by atoms with Crippen LogP contribution in [0.2, 0.25) is 0 Å². The molecule has 0 amide bonds. The van der Waals surface area contributed by atoms with Gasteiger partial charge >= 0.3 is 0 Å². The Bertz CT molecular complexity index is 1040. The number of aryl methyl sites for hydroxylation is 1. The summed E-state index contributed by atoms with van der Waals surface area (Å²) in [5.74, 6) is 1.90. The third kappa shape index (κ3) is 5.68. The number of aromatic nitrogens is 3. The van der Waals surface area contributed by atoms with E-state index in [-0.39, 0.29) is 0 Å². The Hall–Kier alpha value is -2.41. The Balaban J connectivity index is 1.42. The van der Waals surface area contributed by atoms with E-state index in [1.165, 1.54) is 22.3 Å². The summed E-state index contributed by atoms with van der Waals surface area (Å²) >= 11 is 1.74. The number of allylic oxidation sites excluding steroid dienone is 1. The van der Waals surface area contributed by atoms with Crippen molar-refractivity contribution >= 4 is 11.8 Å². The first-order valence-electron chi connectivity index (χ1n) is 11.2. The first-order valence-corrected chi connectivity index (χ1v) is 12.2. The van der Waals surface area contributed by atoms with Crippen molar-refractivity contribution in [1.82, 2.24) is 19.7 Å². The third-order valence-electron chi connectivity index (χ3n) is 5.77. The fourth-order valence-electron chi connectivity index (χ4n) is 4.14. The van der Waals surface area contributed by atoms with Gasteiger partial charge in [0.1, 0.15) is 5.82 Å². The van der Waals surface area contributed by atoms with Crippen LogP contribution in [0, 0.1) is 6.92 Å². The molecule has 6 heteroatoms. The molecular formula is C26H32N4OS. The molecule has 32 heavy (non-hydrogen) atoms. The molecule has 0 unspecified atom stereocenters. The summed E-state index contributed by atoms with van der Waals surface area (Å²) in [6.45, 7) is 9.26. The first-order chi connectivity index (χ1) is 15.6. The maximum Gasteiger partial charge on any atom is 0.191 e. The summed E-state index contributed by atoms with van der Waals surface area (Å²) < 4.78 is 7.93. The molecule has 2 aromatic carbocycles. The second-order valence-corrected chi connectivity index (χ2v) is 9.42. The van der Waals surface area contributed by atoms with Crippen molar-refractivity contribution in [3.8, 4) is 11.1 Å². The Labute approximate surface area is 195 Å². The van der Waals surface area contributed by atoms with Crippen LogP contribution in [-0.2, 0) is 24.4 Å². The van der Waals surface area contributed by atoms with Gasteiger partial charge in [-0.05, 0) is 55.1 Å².